The normalized spacial score (nSPS) is 27.0. The Balaban J connectivity index is 1.51. The third kappa shape index (κ3) is 3.49. The topological polar surface area (TPSA) is 15.3 Å². The average molecular weight is 286 g/mol. The van der Waals surface area contributed by atoms with Gasteiger partial charge < -0.3 is 10.2 Å². The fourth-order valence-corrected chi connectivity index (χ4v) is 4.04. The summed E-state index contributed by atoms with van der Waals surface area (Å²) in [5, 5.41) is 3.69. The van der Waals surface area contributed by atoms with Gasteiger partial charge >= 0.3 is 0 Å². The van der Waals surface area contributed by atoms with E-state index in [1.54, 1.807) is 11.1 Å². The summed E-state index contributed by atoms with van der Waals surface area (Å²) in [6, 6.07) is 9.66. The lowest BCUT2D eigenvalue weighted by Gasteiger charge is -2.40. The molecule has 3 atom stereocenters. The van der Waals surface area contributed by atoms with Crippen molar-refractivity contribution in [3.63, 3.8) is 0 Å². The van der Waals surface area contributed by atoms with Crippen LogP contribution in [0.4, 0.5) is 0 Å². The summed E-state index contributed by atoms with van der Waals surface area (Å²) < 4.78 is 0. The van der Waals surface area contributed by atoms with E-state index in [4.69, 9.17) is 0 Å². The minimum atomic E-state index is 0.668. The molecule has 0 amide bonds. The van der Waals surface area contributed by atoms with Crippen LogP contribution in [0.1, 0.15) is 50.2 Å². The van der Waals surface area contributed by atoms with Crippen molar-refractivity contribution in [3.05, 3.63) is 35.4 Å². The lowest BCUT2D eigenvalue weighted by molar-refractivity contribution is 0.140. The predicted octanol–water partition coefficient (Wildman–Crippen LogP) is 3.43. The molecule has 1 heterocycles. The minimum Gasteiger partial charge on any atom is -0.314 e. The molecular weight excluding hydrogens is 256 g/mol. The van der Waals surface area contributed by atoms with Gasteiger partial charge in [0.05, 0.1) is 0 Å². The predicted molar refractivity (Wildman–Crippen MR) is 89.8 cm³/mol. The Bertz CT molecular complexity index is 457. The van der Waals surface area contributed by atoms with Crippen LogP contribution in [0.15, 0.2) is 24.3 Å². The summed E-state index contributed by atoms with van der Waals surface area (Å²) in [5.74, 6) is 1.62. The Kier molecular flexibility index (Phi) is 4.97. The van der Waals surface area contributed by atoms with E-state index < -0.39 is 0 Å². The van der Waals surface area contributed by atoms with Crippen molar-refractivity contribution in [1.29, 1.82) is 0 Å². The van der Waals surface area contributed by atoms with Crippen LogP contribution in [0.5, 0.6) is 0 Å². The highest BCUT2D eigenvalue weighted by molar-refractivity contribution is 5.40. The first-order valence-electron chi connectivity index (χ1n) is 8.81. The standard InChI is InChI=1S/C19H30N2/c1-3-10-20-15(2)17-8-6-11-21(13-17)14-18-12-16-7-4-5-9-19(16)18/h4-5,7,9,15,17-18,20H,3,6,8,10-14H2,1-2H3. The maximum atomic E-state index is 3.69. The number of likely N-dealkylation sites (tertiary alicyclic amines) is 1. The number of nitrogens with one attached hydrogen (secondary N) is 1. The number of fused-ring (bicyclic) bond motifs is 1. The molecule has 21 heavy (non-hydrogen) atoms. The second-order valence-corrected chi connectivity index (χ2v) is 7.00. The monoisotopic (exact) mass is 286 g/mol. The van der Waals surface area contributed by atoms with Crippen LogP contribution < -0.4 is 5.32 Å². The van der Waals surface area contributed by atoms with Gasteiger partial charge in [-0.25, -0.2) is 0 Å². The van der Waals surface area contributed by atoms with Gasteiger partial charge in [0.1, 0.15) is 0 Å². The van der Waals surface area contributed by atoms with E-state index in [1.807, 2.05) is 0 Å². The Morgan fingerprint density at radius 2 is 2.19 bits per heavy atom. The van der Waals surface area contributed by atoms with Gasteiger partial charge in [0, 0.05) is 25.0 Å². The number of nitrogens with zero attached hydrogens (tertiary/aromatic N) is 1. The maximum Gasteiger partial charge on any atom is 0.00792 e. The van der Waals surface area contributed by atoms with Gasteiger partial charge in [0.25, 0.3) is 0 Å². The van der Waals surface area contributed by atoms with Crippen molar-refractivity contribution >= 4 is 0 Å². The van der Waals surface area contributed by atoms with Gasteiger partial charge in [-0.1, -0.05) is 31.2 Å². The van der Waals surface area contributed by atoms with Crippen LogP contribution in [-0.4, -0.2) is 37.1 Å². The minimum absolute atomic E-state index is 0.668. The molecular formula is C19H30N2. The second kappa shape index (κ2) is 6.93. The lowest BCUT2D eigenvalue weighted by atomic mass is 9.77. The summed E-state index contributed by atoms with van der Waals surface area (Å²) in [4.78, 5) is 2.72. The largest absolute Gasteiger partial charge is 0.314 e. The van der Waals surface area contributed by atoms with Crippen molar-refractivity contribution < 1.29 is 0 Å². The molecule has 1 saturated heterocycles. The van der Waals surface area contributed by atoms with Crippen molar-refractivity contribution in [2.45, 2.75) is 51.5 Å². The molecule has 0 saturated carbocycles. The number of piperidine rings is 1. The molecule has 116 valence electrons. The van der Waals surface area contributed by atoms with Gasteiger partial charge in [-0.2, -0.15) is 0 Å². The number of hydrogen-bond donors (Lipinski definition) is 1. The molecule has 1 aromatic carbocycles. The zero-order chi connectivity index (χ0) is 14.7. The Morgan fingerprint density at radius 1 is 1.33 bits per heavy atom. The molecule has 1 aliphatic heterocycles. The van der Waals surface area contributed by atoms with Crippen molar-refractivity contribution in [2.24, 2.45) is 5.92 Å². The van der Waals surface area contributed by atoms with E-state index >= 15 is 0 Å². The van der Waals surface area contributed by atoms with Crippen molar-refractivity contribution in [2.75, 3.05) is 26.2 Å². The van der Waals surface area contributed by atoms with Gasteiger partial charge in [-0.15, -0.1) is 0 Å². The third-order valence-corrected chi connectivity index (χ3v) is 5.41. The molecule has 0 aromatic heterocycles. The fraction of sp³-hybridized carbons (Fsp3) is 0.684. The SMILES string of the molecule is CCCNC(C)C1CCCN(CC2Cc3ccccc32)C1. The molecule has 3 rings (SSSR count). The summed E-state index contributed by atoms with van der Waals surface area (Å²) >= 11 is 0. The Labute approximate surface area is 129 Å². The molecule has 1 fully saturated rings. The molecule has 0 bridgehead atoms. The molecule has 1 aromatic rings. The Hall–Kier alpha value is -0.860. The van der Waals surface area contributed by atoms with E-state index in [1.165, 1.54) is 45.3 Å². The maximum absolute atomic E-state index is 3.69. The zero-order valence-electron chi connectivity index (χ0n) is 13.6. The highest BCUT2D eigenvalue weighted by atomic mass is 15.1. The fourth-order valence-electron chi connectivity index (χ4n) is 4.04. The summed E-state index contributed by atoms with van der Waals surface area (Å²) in [6.45, 7) is 9.65. The first kappa shape index (κ1) is 15.1. The Morgan fingerprint density at radius 3 is 3.00 bits per heavy atom. The first-order valence-corrected chi connectivity index (χ1v) is 8.81. The molecule has 2 nitrogen and oxygen atoms in total. The van der Waals surface area contributed by atoms with Crippen LogP contribution in [0, 0.1) is 5.92 Å². The third-order valence-electron chi connectivity index (χ3n) is 5.41. The van der Waals surface area contributed by atoms with Crippen LogP contribution in [0.2, 0.25) is 0 Å². The van der Waals surface area contributed by atoms with Crippen molar-refractivity contribution in [1.82, 2.24) is 10.2 Å². The smallest absolute Gasteiger partial charge is 0.00792 e. The second-order valence-electron chi connectivity index (χ2n) is 7.00. The van der Waals surface area contributed by atoms with Crippen LogP contribution >= 0.6 is 0 Å². The van der Waals surface area contributed by atoms with E-state index in [2.05, 4.69) is 48.3 Å². The lowest BCUT2D eigenvalue weighted by Crippen LogP contribution is -2.46. The molecule has 1 N–H and O–H groups in total. The van der Waals surface area contributed by atoms with E-state index in [-0.39, 0.29) is 0 Å². The van der Waals surface area contributed by atoms with Crippen LogP contribution in [-0.2, 0) is 6.42 Å². The first-order chi connectivity index (χ1) is 10.3. The van der Waals surface area contributed by atoms with Crippen LogP contribution in [0.3, 0.4) is 0 Å². The number of benzene rings is 1. The highest BCUT2D eigenvalue weighted by Gasteiger charge is 2.30. The van der Waals surface area contributed by atoms with E-state index in [9.17, 15) is 0 Å². The van der Waals surface area contributed by atoms with E-state index in [0.29, 0.717) is 6.04 Å². The molecule has 0 radical (unpaired) electrons. The quantitative estimate of drug-likeness (QED) is 0.862. The average Bonchev–Trinajstić information content (AvgIpc) is 2.50. The van der Waals surface area contributed by atoms with Gasteiger partial charge in [0.2, 0.25) is 0 Å². The molecule has 3 unspecified atom stereocenters. The van der Waals surface area contributed by atoms with Gasteiger partial charge in [-0.3, -0.25) is 0 Å². The molecule has 2 heteroatoms. The van der Waals surface area contributed by atoms with Crippen LogP contribution in [0.25, 0.3) is 0 Å². The number of hydrogen-bond acceptors (Lipinski definition) is 2. The highest BCUT2D eigenvalue weighted by Crippen LogP contribution is 2.36. The molecule has 1 aliphatic carbocycles. The van der Waals surface area contributed by atoms with Gasteiger partial charge in [0.15, 0.2) is 0 Å². The van der Waals surface area contributed by atoms with Crippen molar-refractivity contribution in [3.8, 4) is 0 Å². The number of rotatable bonds is 6. The molecule has 2 aliphatic rings. The van der Waals surface area contributed by atoms with E-state index in [0.717, 1.165) is 18.4 Å². The zero-order valence-corrected chi connectivity index (χ0v) is 13.6. The van der Waals surface area contributed by atoms with Gasteiger partial charge in [-0.05, 0) is 62.7 Å². The summed E-state index contributed by atoms with van der Waals surface area (Å²) in [5.41, 5.74) is 3.19. The summed E-state index contributed by atoms with van der Waals surface area (Å²) in [7, 11) is 0. The summed E-state index contributed by atoms with van der Waals surface area (Å²) in [6.07, 6.45) is 5.30. The molecule has 0 spiro atoms.